The number of amides is 2. The van der Waals surface area contributed by atoms with Crippen molar-refractivity contribution in [3.63, 3.8) is 0 Å². The van der Waals surface area contributed by atoms with Crippen LogP contribution in [0.1, 0.15) is 5.82 Å². The second-order valence-corrected chi connectivity index (χ2v) is 7.41. The highest BCUT2D eigenvalue weighted by Gasteiger charge is 2.22. The highest BCUT2D eigenvalue weighted by molar-refractivity contribution is 7.90. The van der Waals surface area contributed by atoms with Crippen LogP contribution in [0.3, 0.4) is 0 Å². The highest BCUT2D eigenvalue weighted by Crippen LogP contribution is 2.28. The fourth-order valence-electron chi connectivity index (χ4n) is 2.07. The number of urea groups is 1. The van der Waals surface area contributed by atoms with E-state index in [4.69, 9.17) is 4.74 Å². The van der Waals surface area contributed by atoms with Crippen molar-refractivity contribution in [2.24, 2.45) is 0 Å². The SMILES string of the molecule is COc1nc(C)nc(NC(=O)NS(=O)(=O)c2csc3ccccc23)n1. The highest BCUT2D eigenvalue weighted by atomic mass is 32.2. The molecular formula is C14H13N5O4S2. The molecule has 25 heavy (non-hydrogen) atoms. The van der Waals surface area contributed by atoms with Crippen LogP contribution in [0.2, 0.25) is 0 Å². The number of ether oxygens (including phenoxy) is 1. The summed E-state index contributed by atoms with van der Waals surface area (Å²) in [6.45, 7) is 1.58. The number of hydrogen-bond acceptors (Lipinski definition) is 8. The molecule has 0 saturated heterocycles. The molecule has 3 aromatic rings. The number of aromatic nitrogens is 3. The number of carbonyl (C=O) groups is 1. The Kier molecular flexibility index (Phi) is 4.51. The van der Waals surface area contributed by atoms with Gasteiger partial charge in [-0.25, -0.2) is 17.9 Å². The molecule has 2 N–H and O–H groups in total. The topological polar surface area (TPSA) is 123 Å². The van der Waals surface area contributed by atoms with Gasteiger partial charge in [-0.05, 0) is 13.0 Å². The van der Waals surface area contributed by atoms with Crippen molar-refractivity contribution < 1.29 is 17.9 Å². The second-order valence-electron chi connectivity index (χ2n) is 4.85. The van der Waals surface area contributed by atoms with E-state index in [0.717, 1.165) is 4.70 Å². The van der Waals surface area contributed by atoms with Gasteiger partial charge in [0.15, 0.2) is 0 Å². The third kappa shape index (κ3) is 3.67. The van der Waals surface area contributed by atoms with Crippen LogP contribution in [0.25, 0.3) is 10.1 Å². The van der Waals surface area contributed by atoms with Gasteiger partial charge in [-0.1, -0.05) is 18.2 Å². The van der Waals surface area contributed by atoms with Crippen LogP contribution < -0.4 is 14.8 Å². The third-order valence-corrected chi connectivity index (χ3v) is 5.58. The fraction of sp³-hybridized carbons (Fsp3) is 0.143. The molecule has 0 atom stereocenters. The van der Waals surface area contributed by atoms with Crippen molar-refractivity contribution in [2.75, 3.05) is 12.4 Å². The number of nitrogens with zero attached hydrogens (tertiary/aromatic N) is 3. The molecular weight excluding hydrogens is 366 g/mol. The van der Waals surface area contributed by atoms with Gasteiger partial charge in [0.1, 0.15) is 10.7 Å². The predicted molar refractivity (Wildman–Crippen MR) is 92.3 cm³/mol. The molecule has 0 aliphatic rings. The van der Waals surface area contributed by atoms with Crippen molar-refractivity contribution >= 4 is 43.4 Å². The van der Waals surface area contributed by atoms with Gasteiger partial charge < -0.3 is 4.74 Å². The van der Waals surface area contributed by atoms with E-state index in [1.165, 1.54) is 23.8 Å². The zero-order valence-electron chi connectivity index (χ0n) is 13.2. The van der Waals surface area contributed by atoms with Gasteiger partial charge >= 0.3 is 12.0 Å². The van der Waals surface area contributed by atoms with E-state index in [9.17, 15) is 13.2 Å². The Balaban J connectivity index is 1.81. The van der Waals surface area contributed by atoms with E-state index >= 15 is 0 Å². The summed E-state index contributed by atoms with van der Waals surface area (Å²) in [5.74, 6) is 0.195. The summed E-state index contributed by atoms with van der Waals surface area (Å²) in [5.41, 5.74) is 0. The Labute approximate surface area is 147 Å². The monoisotopic (exact) mass is 379 g/mol. The number of fused-ring (bicyclic) bond motifs is 1. The summed E-state index contributed by atoms with van der Waals surface area (Å²) in [4.78, 5) is 23.7. The first-order chi connectivity index (χ1) is 11.9. The molecule has 0 unspecified atom stereocenters. The molecule has 2 aromatic heterocycles. The zero-order valence-corrected chi connectivity index (χ0v) is 14.8. The number of hydrogen-bond donors (Lipinski definition) is 2. The molecule has 11 heteroatoms. The molecule has 0 saturated carbocycles. The van der Waals surface area contributed by atoms with E-state index in [2.05, 4.69) is 20.3 Å². The van der Waals surface area contributed by atoms with Gasteiger partial charge in [0.05, 0.1) is 7.11 Å². The van der Waals surface area contributed by atoms with Gasteiger partial charge in [-0.2, -0.15) is 15.0 Å². The second kappa shape index (κ2) is 6.61. The summed E-state index contributed by atoms with van der Waals surface area (Å²) in [7, 11) is -2.68. The average molecular weight is 379 g/mol. The molecule has 0 spiro atoms. The molecule has 3 rings (SSSR count). The molecule has 0 aliphatic heterocycles. The summed E-state index contributed by atoms with van der Waals surface area (Å²) in [5, 5.41) is 4.28. The van der Waals surface area contributed by atoms with Crippen molar-refractivity contribution in [3.05, 3.63) is 35.5 Å². The Morgan fingerprint density at radius 2 is 1.96 bits per heavy atom. The first-order valence-corrected chi connectivity index (χ1v) is 9.32. The maximum Gasteiger partial charge on any atom is 0.335 e. The number of anilines is 1. The predicted octanol–water partition coefficient (Wildman–Crippen LogP) is 1.91. The van der Waals surface area contributed by atoms with E-state index in [-0.39, 0.29) is 16.9 Å². The van der Waals surface area contributed by atoms with Crippen LogP contribution >= 0.6 is 11.3 Å². The lowest BCUT2D eigenvalue weighted by molar-refractivity contribution is 0.256. The molecule has 9 nitrogen and oxygen atoms in total. The van der Waals surface area contributed by atoms with Gasteiger partial charge in [0.2, 0.25) is 5.95 Å². The van der Waals surface area contributed by atoms with Gasteiger partial charge in [-0.3, -0.25) is 5.32 Å². The number of benzene rings is 1. The van der Waals surface area contributed by atoms with Crippen molar-refractivity contribution in [1.29, 1.82) is 0 Å². The molecule has 2 amide bonds. The minimum absolute atomic E-state index is 0.00878. The molecule has 0 fully saturated rings. The van der Waals surface area contributed by atoms with E-state index in [1.54, 1.807) is 25.1 Å². The lowest BCUT2D eigenvalue weighted by Gasteiger charge is -2.08. The summed E-state index contributed by atoms with van der Waals surface area (Å²) in [6, 6.07) is 6.05. The number of nitrogens with one attached hydrogen (secondary N) is 2. The maximum atomic E-state index is 12.5. The first-order valence-electron chi connectivity index (χ1n) is 6.96. The maximum absolute atomic E-state index is 12.5. The molecule has 0 bridgehead atoms. The number of rotatable bonds is 4. The Morgan fingerprint density at radius 1 is 1.20 bits per heavy atom. The molecule has 0 aliphatic carbocycles. The minimum Gasteiger partial charge on any atom is -0.467 e. The Bertz CT molecular complexity index is 1050. The lowest BCUT2D eigenvalue weighted by Crippen LogP contribution is -2.34. The molecule has 1 aromatic carbocycles. The summed E-state index contributed by atoms with van der Waals surface area (Å²) >= 11 is 1.28. The smallest absolute Gasteiger partial charge is 0.335 e. The number of aryl methyl sites for hydroxylation is 1. The standard InChI is InChI=1S/C14H13N5O4S2/c1-8-15-12(18-14(16-8)23-2)17-13(20)19-25(21,22)11-7-24-10-6-4-3-5-9(10)11/h3-7H,1-2H3,(H2,15,16,17,18,19,20). The molecule has 2 heterocycles. The zero-order chi connectivity index (χ0) is 18.0. The van der Waals surface area contributed by atoms with Crippen LogP contribution in [0.15, 0.2) is 34.5 Å². The first kappa shape index (κ1) is 17.0. The van der Waals surface area contributed by atoms with Crippen molar-refractivity contribution in [3.8, 4) is 6.01 Å². The van der Waals surface area contributed by atoms with Crippen molar-refractivity contribution in [2.45, 2.75) is 11.8 Å². The van der Waals surface area contributed by atoms with Crippen LogP contribution in [-0.4, -0.2) is 36.5 Å². The lowest BCUT2D eigenvalue weighted by atomic mass is 10.3. The average Bonchev–Trinajstić information content (AvgIpc) is 2.98. The van der Waals surface area contributed by atoms with E-state index in [0.29, 0.717) is 11.2 Å². The Hall–Kier alpha value is -2.79. The summed E-state index contributed by atoms with van der Waals surface area (Å²) in [6.07, 6.45) is 0. The number of methoxy groups -OCH3 is 1. The van der Waals surface area contributed by atoms with E-state index in [1.807, 2.05) is 10.8 Å². The van der Waals surface area contributed by atoms with Gasteiger partial charge in [0, 0.05) is 15.5 Å². The Morgan fingerprint density at radius 3 is 2.72 bits per heavy atom. The normalized spacial score (nSPS) is 11.3. The number of thiophene rings is 1. The van der Waals surface area contributed by atoms with Crippen LogP contribution in [0.5, 0.6) is 6.01 Å². The molecule has 130 valence electrons. The third-order valence-electron chi connectivity index (χ3n) is 3.10. The van der Waals surface area contributed by atoms with Crippen LogP contribution in [0.4, 0.5) is 10.7 Å². The van der Waals surface area contributed by atoms with Crippen molar-refractivity contribution in [1.82, 2.24) is 19.7 Å². The van der Waals surface area contributed by atoms with Gasteiger partial charge in [0.25, 0.3) is 10.0 Å². The quantitative estimate of drug-likeness (QED) is 0.710. The van der Waals surface area contributed by atoms with E-state index < -0.39 is 16.1 Å². The van der Waals surface area contributed by atoms with Gasteiger partial charge in [-0.15, -0.1) is 11.3 Å². The number of carbonyl (C=O) groups excluding carboxylic acids is 1. The van der Waals surface area contributed by atoms with Crippen LogP contribution in [-0.2, 0) is 10.0 Å². The fourth-order valence-corrected chi connectivity index (χ4v) is 4.48. The summed E-state index contributed by atoms with van der Waals surface area (Å²) < 4.78 is 32.5. The number of sulfonamides is 1. The molecule has 0 radical (unpaired) electrons. The largest absolute Gasteiger partial charge is 0.467 e. The minimum atomic E-state index is -4.04. The van der Waals surface area contributed by atoms with Crippen LogP contribution in [0, 0.1) is 6.92 Å².